The Balaban J connectivity index is 2.17. The molecule has 4 nitrogen and oxygen atoms in total. The summed E-state index contributed by atoms with van der Waals surface area (Å²) in [6, 6.07) is 9.70. The molecule has 2 rings (SSSR count). The number of anilines is 1. The number of carbonyl (C=O) groups is 1. The molecule has 0 atom stereocenters. The molecule has 1 N–H and O–H groups in total. The Morgan fingerprint density at radius 1 is 1.26 bits per heavy atom. The van der Waals surface area contributed by atoms with E-state index >= 15 is 0 Å². The third kappa shape index (κ3) is 3.22. The van der Waals surface area contributed by atoms with Gasteiger partial charge in [-0.05, 0) is 30.3 Å². The molecule has 0 unspecified atom stereocenters. The van der Waals surface area contributed by atoms with Crippen LogP contribution in [0.1, 0.15) is 15.9 Å². The van der Waals surface area contributed by atoms with Gasteiger partial charge in [0, 0.05) is 11.9 Å². The predicted octanol–water partition coefficient (Wildman–Crippen LogP) is 3.51. The van der Waals surface area contributed by atoms with Crippen molar-refractivity contribution in [1.82, 2.24) is 4.98 Å². The first-order valence-corrected chi connectivity index (χ1v) is 5.98. The van der Waals surface area contributed by atoms with Crippen LogP contribution >= 0.6 is 23.2 Å². The van der Waals surface area contributed by atoms with E-state index in [0.29, 0.717) is 22.0 Å². The minimum atomic E-state index is -0.329. The van der Waals surface area contributed by atoms with Crippen LogP contribution in [0.5, 0.6) is 0 Å². The molecule has 0 aliphatic heterocycles. The second kappa shape index (κ2) is 5.70. The fourth-order valence-corrected chi connectivity index (χ4v) is 1.73. The standard InChI is InChI=1S/C13H7Cl2N3O/c14-11-5-10(3-1-8(11)6-16)18-13(19)9-2-4-12(15)17-7-9/h1-5,7H,(H,18,19). The van der Waals surface area contributed by atoms with Gasteiger partial charge in [-0.1, -0.05) is 23.2 Å². The van der Waals surface area contributed by atoms with E-state index in [-0.39, 0.29) is 10.9 Å². The average Bonchev–Trinajstić information content (AvgIpc) is 2.39. The number of nitriles is 1. The molecule has 0 saturated carbocycles. The first kappa shape index (κ1) is 13.3. The molecule has 0 bridgehead atoms. The van der Waals surface area contributed by atoms with E-state index in [1.807, 2.05) is 6.07 Å². The summed E-state index contributed by atoms with van der Waals surface area (Å²) in [6.45, 7) is 0. The number of pyridine rings is 1. The lowest BCUT2D eigenvalue weighted by atomic mass is 10.2. The number of hydrogen-bond acceptors (Lipinski definition) is 3. The minimum absolute atomic E-state index is 0.287. The van der Waals surface area contributed by atoms with Crippen LogP contribution in [-0.4, -0.2) is 10.9 Å². The molecule has 0 aliphatic carbocycles. The number of nitrogens with zero attached hydrogens (tertiary/aromatic N) is 2. The van der Waals surface area contributed by atoms with Gasteiger partial charge in [0.15, 0.2) is 0 Å². The SMILES string of the molecule is N#Cc1ccc(NC(=O)c2ccc(Cl)nc2)cc1Cl. The third-order valence-corrected chi connectivity index (χ3v) is 2.87. The van der Waals surface area contributed by atoms with Crippen molar-refractivity contribution in [3.05, 3.63) is 57.8 Å². The zero-order valence-corrected chi connectivity index (χ0v) is 11.0. The molecule has 0 fully saturated rings. The summed E-state index contributed by atoms with van der Waals surface area (Å²) in [7, 11) is 0. The van der Waals surface area contributed by atoms with Crippen LogP contribution in [-0.2, 0) is 0 Å². The van der Waals surface area contributed by atoms with Crippen LogP contribution in [0.4, 0.5) is 5.69 Å². The molecular weight excluding hydrogens is 285 g/mol. The summed E-state index contributed by atoms with van der Waals surface area (Å²) >= 11 is 11.5. The molecule has 1 heterocycles. The van der Waals surface area contributed by atoms with Gasteiger partial charge in [-0.2, -0.15) is 5.26 Å². The number of rotatable bonds is 2. The molecule has 0 radical (unpaired) electrons. The average molecular weight is 292 g/mol. The van der Waals surface area contributed by atoms with Crippen LogP contribution < -0.4 is 5.32 Å². The van der Waals surface area contributed by atoms with Gasteiger partial charge >= 0.3 is 0 Å². The van der Waals surface area contributed by atoms with E-state index in [9.17, 15) is 4.79 Å². The first-order chi connectivity index (χ1) is 9.10. The van der Waals surface area contributed by atoms with E-state index in [2.05, 4.69) is 10.3 Å². The van der Waals surface area contributed by atoms with Crippen molar-refractivity contribution < 1.29 is 4.79 Å². The van der Waals surface area contributed by atoms with Crippen LogP contribution in [0.2, 0.25) is 10.2 Å². The van der Waals surface area contributed by atoms with E-state index in [4.69, 9.17) is 28.5 Å². The van der Waals surface area contributed by atoms with E-state index in [1.54, 1.807) is 12.1 Å². The lowest BCUT2D eigenvalue weighted by molar-refractivity contribution is 0.102. The Bertz CT molecular complexity index is 663. The summed E-state index contributed by atoms with van der Waals surface area (Å²) in [5, 5.41) is 12.0. The van der Waals surface area contributed by atoms with Gasteiger partial charge < -0.3 is 5.32 Å². The number of amides is 1. The van der Waals surface area contributed by atoms with E-state index in [0.717, 1.165) is 0 Å². The number of halogens is 2. The lowest BCUT2D eigenvalue weighted by Crippen LogP contribution is -2.12. The highest BCUT2D eigenvalue weighted by atomic mass is 35.5. The molecular formula is C13H7Cl2N3O. The summed E-state index contributed by atoms with van der Waals surface area (Å²) in [5.41, 5.74) is 1.24. The van der Waals surface area contributed by atoms with Gasteiger partial charge in [0.1, 0.15) is 11.2 Å². The third-order valence-electron chi connectivity index (χ3n) is 2.34. The predicted molar refractivity (Wildman–Crippen MR) is 73.4 cm³/mol. The van der Waals surface area contributed by atoms with E-state index < -0.39 is 0 Å². The Labute approximate surface area is 119 Å². The van der Waals surface area contributed by atoms with Gasteiger partial charge in [0.25, 0.3) is 5.91 Å². The van der Waals surface area contributed by atoms with Crippen LogP contribution in [0, 0.1) is 11.3 Å². The van der Waals surface area contributed by atoms with Gasteiger partial charge in [0.2, 0.25) is 0 Å². The minimum Gasteiger partial charge on any atom is -0.322 e. The highest BCUT2D eigenvalue weighted by molar-refractivity contribution is 6.32. The highest BCUT2D eigenvalue weighted by Crippen LogP contribution is 2.20. The maximum absolute atomic E-state index is 11.9. The lowest BCUT2D eigenvalue weighted by Gasteiger charge is -2.06. The van der Waals surface area contributed by atoms with Crippen molar-refractivity contribution in [2.75, 3.05) is 5.32 Å². The zero-order valence-electron chi connectivity index (χ0n) is 9.52. The molecule has 2 aromatic rings. The van der Waals surface area contributed by atoms with Crippen LogP contribution in [0.25, 0.3) is 0 Å². The molecule has 6 heteroatoms. The second-order valence-corrected chi connectivity index (χ2v) is 4.42. The fourth-order valence-electron chi connectivity index (χ4n) is 1.40. The van der Waals surface area contributed by atoms with Gasteiger partial charge in [-0.3, -0.25) is 4.79 Å². The van der Waals surface area contributed by atoms with Crippen LogP contribution in [0.15, 0.2) is 36.5 Å². The summed E-state index contributed by atoms with van der Waals surface area (Å²) in [5.74, 6) is -0.329. The number of aromatic nitrogens is 1. The van der Waals surface area contributed by atoms with Crippen molar-refractivity contribution in [3.63, 3.8) is 0 Å². The van der Waals surface area contributed by atoms with Gasteiger partial charge in [-0.15, -0.1) is 0 Å². The second-order valence-electron chi connectivity index (χ2n) is 3.63. The Morgan fingerprint density at radius 2 is 2.05 bits per heavy atom. The number of benzene rings is 1. The fraction of sp³-hybridized carbons (Fsp3) is 0. The molecule has 0 aliphatic rings. The number of carbonyl (C=O) groups excluding carboxylic acids is 1. The van der Waals surface area contributed by atoms with Crippen molar-refractivity contribution in [2.24, 2.45) is 0 Å². The van der Waals surface area contributed by atoms with Crippen molar-refractivity contribution in [1.29, 1.82) is 5.26 Å². The Kier molecular flexibility index (Phi) is 4.00. The topological polar surface area (TPSA) is 65.8 Å². The monoisotopic (exact) mass is 291 g/mol. The maximum Gasteiger partial charge on any atom is 0.257 e. The highest BCUT2D eigenvalue weighted by Gasteiger charge is 2.08. The molecule has 94 valence electrons. The Morgan fingerprint density at radius 3 is 2.63 bits per heavy atom. The molecule has 19 heavy (non-hydrogen) atoms. The molecule has 1 aromatic heterocycles. The maximum atomic E-state index is 11.9. The van der Waals surface area contributed by atoms with Crippen molar-refractivity contribution in [3.8, 4) is 6.07 Å². The smallest absolute Gasteiger partial charge is 0.257 e. The number of nitrogens with one attached hydrogen (secondary N) is 1. The molecule has 1 amide bonds. The van der Waals surface area contributed by atoms with Crippen molar-refractivity contribution in [2.45, 2.75) is 0 Å². The molecule has 0 saturated heterocycles. The van der Waals surface area contributed by atoms with Crippen molar-refractivity contribution >= 4 is 34.8 Å². The van der Waals surface area contributed by atoms with Crippen LogP contribution in [0.3, 0.4) is 0 Å². The number of hydrogen-bond donors (Lipinski definition) is 1. The van der Waals surface area contributed by atoms with Gasteiger partial charge in [-0.25, -0.2) is 4.98 Å². The van der Waals surface area contributed by atoms with Gasteiger partial charge in [0.05, 0.1) is 16.1 Å². The normalized spacial score (nSPS) is 9.74. The zero-order chi connectivity index (χ0) is 13.8. The molecule has 0 spiro atoms. The summed E-state index contributed by atoms with van der Waals surface area (Å²) in [4.78, 5) is 15.7. The Hall–Kier alpha value is -2.09. The quantitative estimate of drug-likeness (QED) is 0.861. The first-order valence-electron chi connectivity index (χ1n) is 5.22. The summed E-state index contributed by atoms with van der Waals surface area (Å²) in [6.07, 6.45) is 1.38. The largest absolute Gasteiger partial charge is 0.322 e. The van der Waals surface area contributed by atoms with E-state index in [1.165, 1.54) is 24.4 Å². The summed E-state index contributed by atoms with van der Waals surface area (Å²) < 4.78 is 0. The molecule has 1 aromatic carbocycles.